The predicted molar refractivity (Wildman–Crippen MR) is 102 cm³/mol. The summed E-state index contributed by atoms with van der Waals surface area (Å²) in [7, 11) is 0. The van der Waals surface area contributed by atoms with Crippen LogP contribution in [0.2, 0.25) is 0 Å². The molecule has 0 saturated heterocycles. The number of nitrogens with zero attached hydrogens (tertiary/aromatic N) is 5. The molecule has 0 radical (unpaired) electrons. The first-order valence-electron chi connectivity index (χ1n) is 7.43. The van der Waals surface area contributed by atoms with E-state index in [1.165, 1.54) is 39.9 Å². The molecule has 0 spiro atoms. The molecule has 0 fully saturated rings. The van der Waals surface area contributed by atoms with Gasteiger partial charge in [0.05, 0.1) is 17.0 Å². The van der Waals surface area contributed by atoms with Crippen molar-refractivity contribution in [3.8, 4) is 5.69 Å². The highest BCUT2D eigenvalue weighted by atomic mass is 32.2. The smallest absolute Gasteiger partial charge is 0.267 e. The maximum Gasteiger partial charge on any atom is 0.278 e. The SMILES string of the molecule is O=c1c2ccccc2nnn1CSc1nn(-c2ccc(F)cc2)c(=S)s1. The molecule has 26 heavy (non-hydrogen) atoms. The number of benzene rings is 2. The summed E-state index contributed by atoms with van der Waals surface area (Å²) in [6.45, 7) is 0. The minimum absolute atomic E-state index is 0.204. The van der Waals surface area contributed by atoms with Gasteiger partial charge in [-0.3, -0.25) is 4.79 Å². The Morgan fingerprint density at radius 2 is 1.92 bits per heavy atom. The predicted octanol–water partition coefficient (Wildman–Crippen LogP) is 3.66. The van der Waals surface area contributed by atoms with E-state index in [0.717, 1.165) is 0 Å². The molecule has 4 rings (SSSR count). The molecule has 6 nitrogen and oxygen atoms in total. The van der Waals surface area contributed by atoms with Crippen molar-refractivity contribution in [2.45, 2.75) is 10.2 Å². The van der Waals surface area contributed by atoms with Gasteiger partial charge in [-0.05, 0) is 48.6 Å². The molecule has 10 heteroatoms. The second kappa shape index (κ2) is 7.06. The van der Waals surface area contributed by atoms with E-state index in [-0.39, 0.29) is 17.3 Å². The van der Waals surface area contributed by atoms with E-state index in [2.05, 4.69) is 15.4 Å². The summed E-state index contributed by atoms with van der Waals surface area (Å²) in [5.41, 5.74) is 1.04. The van der Waals surface area contributed by atoms with Crippen LogP contribution in [0.5, 0.6) is 0 Å². The lowest BCUT2D eigenvalue weighted by Crippen LogP contribution is -2.23. The van der Waals surface area contributed by atoms with Gasteiger partial charge in [0.2, 0.25) is 0 Å². The van der Waals surface area contributed by atoms with Crippen LogP contribution in [0.25, 0.3) is 16.6 Å². The summed E-state index contributed by atoms with van der Waals surface area (Å²) >= 11 is 7.97. The third-order valence-corrected chi connectivity index (χ3v) is 5.87. The van der Waals surface area contributed by atoms with Crippen LogP contribution in [0, 0.1) is 9.77 Å². The Balaban J connectivity index is 1.58. The second-order valence-electron chi connectivity index (χ2n) is 5.21. The summed E-state index contributed by atoms with van der Waals surface area (Å²) < 4.78 is 17.1. The molecule has 0 saturated carbocycles. The van der Waals surface area contributed by atoms with Crippen molar-refractivity contribution in [1.82, 2.24) is 24.8 Å². The first kappa shape index (κ1) is 17.0. The van der Waals surface area contributed by atoms with Gasteiger partial charge in [-0.25, -0.2) is 9.07 Å². The Labute approximate surface area is 159 Å². The third-order valence-electron chi connectivity index (χ3n) is 3.54. The van der Waals surface area contributed by atoms with Crippen LogP contribution < -0.4 is 5.56 Å². The van der Waals surface area contributed by atoms with Crippen LogP contribution in [-0.2, 0) is 5.88 Å². The molecule has 2 aromatic heterocycles. The molecule has 0 N–H and O–H groups in total. The van der Waals surface area contributed by atoms with Gasteiger partial charge in [0.1, 0.15) is 11.3 Å². The van der Waals surface area contributed by atoms with Gasteiger partial charge in [0, 0.05) is 0 Å². The van der Waals surface area contributed by atoms with Crippen molar-refractivity contribution in [3.63, 3.8) is 0 Å². The molecule has 0 atom stereocenters. The molecule has 0 unspecified atom stereocenters. The number of halogens is 1. The lowest BCUT2D eigenvalue weighted by molar-refractivity contribution is 0.626. The van der Waals surface area contributed by atoms with Gasteiger partial charge >= 0.3 is 0 Å². The molecule has 2 heterocycles. The van der Waals surface area contributed by atoms with Crippen LogP contribution >= 0.6 is 35.3 Å². The van der Waals surface area contributed by atoms with Crippen molar-refractivity contribution in [3.05, 3.63) is 68.7 Å². The second-order valence-corrected chi connectivity index (χ2v) is 8.02. The van der Waals surface area contributed by atoms with Crippen LogP contribution in [0.15, 0.2) is 57.7 Å². The van der Waals surface area contributed by atoms with Crippen molar-refractivity contribution >= 4 is 46.2 Å². The maximum absolute atomic E-state index is 13.1. The van der Waals surface area contributed by atoms with Gasteiger partial charge < -0.3 is 0 Å². The van der Waals surface area contributed by atoms with Gasteiger partial charge in [-0.2, -0.15) is 4.68 Å². The quantitative estimate of drug-likeness (QED) is 0.383. The Morgan fingerprint density at radius 3 is 2.73 bits per heavy atom. The van der Waals surface area contributed by atoms with E-state index < -0.39 is 0 Å². The molecule has 0 aliphatic carbocycles. The topological polar surface area (TPSA) is 65.6 Å². The van der Waals surface area contributed by atoms with E-state index in [1.54, 1.807) is 35.0 Å². The lowest BCUT2D eigenvalue weighted by Gasteiger charge is -2.03. The van der Waals surface area contributed by atoms with Gasteiger partial charge in [-0.15, -0.1) is 10.2 Å². The van der Waals surface area contributed by atoms with E-state index in [0.29, 0.717) is 24.9 Å². The number of fused-ring (bicyclic) bond motifs is 1. The number of hydrogen-bond acceptors (Lipinski definition) is 7. The molecule has 0 aliphatic heterocycles. The minimum Gasteiger partial charge on any atom is -0.267 e. The Morgan fingerprint density at radius 1 is 1.15 bits per heavy atom. The summed E-state index contributed by atoms with van der Waals surface area (Å²) in [6.07, 6.45) is 0. The maximum atomic E-state index is 13.1. The first-order chi connectivity index (χ1) is 12.6. The van der Waals surface area contributed by atoms with Crippen molar-refractivity contribution in [1.29, 1.82) is 0 Å². The summed E-state index contributed by atoms with van der Waals surface area (Å²) in [5.74, 6) is -0.0538. The van der Waals surface area contributed by atoms with Crippen molar-refractivity contribution in [2.24, 2.45) is 0 Å². The van der Waals surface area contributed by atoms with Gasteiger partial charge in [0.25, 0.3) is 5.56 Å². The van der Waals surface area contributed by atoms with Crippen LogP contribution in [0.3, 0.4) is 0 Å². The molecule has 2 aromatic carbocycles. The number of thioether (sulfide) groups is 1. The van der Waals surface area contributed by atoms with E-state index >= 15 is 0 Å². The zero-order valence-corrected chi connectivity index (χ0v) is 15.5. The molecule has 0 aliphatic rings. The van der Waals surface area contributed by atoms with E-state index in [4.69, 9.17) is 12.2 Å². The monoisotopic (exact) mass is 403 g/mol. The Hall–Kier alpha value is -2.43. The van der Waals surface area contributed by atoms with Crippen LogP contribution in [0.4, 0.5) is 4.39 Å². The standard InChI is InChI=1S/C16H10FN5OS3/c17-10-5-7-11(8-6-10)22-16(24)26-15(19-22)25-9-21-14(23)12-3-1-2-4-13(12)18-20-21/h1-8H,9H2. The minimum atomic E-state index is -0.320. The third kappa shape index (κ3) is 3.30. The largest absolute Gasteiger partial charge is 0.278 e. The Bertz CT molecular complexity index is 1200. The van der Waals surface area contributed by atoms with Gasteiger partial charge in [-0.1, -0.05) is 40.4 Å². The zero-order chi connectivity index (χ0) is 18.1. The van der Waals surface area contributed by atoms with Crippen molar-refractivity contribution < 1.29 is 4.39 Å². The molecular formula is C16H10FN5OS3. The van der Waals surface area contributed by atoms with Crippen LogP contribution in [-0.4, -0.2) is 24.8 Å². The fourth-order valence-corrected chi connectivity index (χ4v) is 4.51. The summed E-state index contributed by atoms with van der Waals surface area (Å²) in [5, 5.41) is 13.0. The van der Waals surface area contributed by atoms with Gasteiger partial charge in [0.15, 0.2) is 8.29 Å². The molecule has 130 valence electrons. The highest BCUT2D eigenvalue weighted by molar-refractivity contribution is 8.00. The fourth-order valence-electron chi connectivity index (χ4n) is 2.29. The number of rotatable bonds is 4. The number of hydrogen-bond donors (Lipinski definition) is 0. The normalized spacial score (nSPS) is 11.1. The molecule has 4 aromatic rings. The molecular weight excluding hydrogens is 393 g/mol. The Kier molecular flexibility index (Phi) is 4.62. The average Bonchev–Trinajstić information content (AvgIpc) is 3.03. The van der Waals surface area contributed by atoms with E-state index in [9.17, 15) is 9.18 Å². The highest BCUT2D eigenvalue weighted by Gasteiger charge is 2.09. The van der Waals surface area contributed by atoms with Crippen molar-refractivity contribution in [2.75, 3.05) is 0 Å². The number of aromatic nitrogens is 5. The fraction of sp³-hybridized carbons (Fsp3) is 0.0625. The molecule has 0 amide bonds. The lowest BCUT2D eigenvalue weighted by atomic mass is 10.2. The van der Waals surface area contributed by atoms with E-state index in [1.807, 2.05) is 6.07 Å². The first-order valence-corrected chi connectivity index (χ1v) is 9.64. The summed E-state index contributed by atoms with van der Waals surface area (Å²) in [4.78, 5) is 12.4. The highest BCUT2D eigenvalue weighted by Crippen LogP contribution is 2.25. The summed E-state index contributed by atoms with van der Waals surface area (Å²) in [6, 6.07) is 13.0. The zero-order valence-electron chi connectivity index (χ0n) is 13.1. The molecule has 0 bridgehead atoms. The van der Waals surface area contributed by atoms with Crippen LogP contribution in [0.1, 0.15) is 0 Å². The average molecular weight is 403 g/mol.